The molecule has 0 heterocycles. The second-order valence-electron chi connectivity index (χ2n) is 11.0. The third kappa shape index (κ3) is 8.86. The fourth-order valence-corrected chi connectivity index (χ4v) is 6.38. The molecule has 4 aromatic rings. The van der Waals surface area contributed by atoms with Crippen molar-refractivity contribution >= 4 is 39.1 Å². The minimum atomic E-state index is -4.24. The molecule has 1 atom stereocenters. The molecule has 4 rings (SSSR count). The molecule has 0 spiro atoms. The lowest BCUT2D eigenvalue weighted by Crippen LogP contribution is -2.54. The first-order valence-corrected chi connectivity index (χ1v) is 16.4. The fourth-order valence-electron chi connectivity index (χ4n) is 4.84. The highest BCUT2D eigenvalue weighted by Gasteiger charge is 2.34. The van der Waals surface area contributed by atoms with Crippen LogP contribution in [-0.2, 0) is 32.6 Å². The van der Waals surface area contributed by atoms with Crippen LogP contribution in [0.3, 0.4) is 0 Å². The van der Waals surface area contributed by atoms with E-state index < -0.39 is 28.5 Å². The van der Waals surface area contributed by atoms with Crippen molar-refractivity contribution in [3.8, 4) is 5.75 Å². The number of sulfonamides is 1. The Morgan fingerprint density at radius 3 is 2.04 bits per heavy atom. The summed E-state index contributed by atoms with van der Waals surface area (Å²) in [5, 5.41) is 3.38. The number of hydrogen-bond donors (Lipinski definition) is 1. The third-order valence-electron chi connectivity index (χ3n) is 7.22. The van der Waals surface area contributed by atoms with E-state index in [-0.39, 0.29) is 35.5 Å². The number of carbonyl (C=O) groups excluding carboxylic acids is 2. The highest BCUT2D eigenvalue weighted by atomic mass is 35.5. The summed E-state index contributed by atoms with van der Waals surface area (Å²) in [6, 6.07) is 28.2. The molecule has 0 aliphatic carbocycles. The van der Waals surface area contributed by atoms with E-state index in [1.807, 2.05) is 75.4 Å². The summed E-state index contributed by atoms with van der Waals surface area (Å²) >= 11 is 6.13. The summed E-state index contributed by atoms with van der Waals surface area (Å²) in [6.07, 6.45) is 0.239. The molecule has 0 bridgehead atoms. The van der Waals surface area contributed by atoms with Crippen molar-refractivity contribution in [1.29, 1.82) is 0 Å². The highest BCUT2D eigenvalue weighted by molar-refractivity contribution is 7.92. The molecule has 45 heavy (non-hydrogen) atoms. The van der Waals surface area contributed by atoms with E-state index in [4.69, 9.17) is 16.3 Å². The van der Waals surface area contributed by atoms with Gasteiger partial charge in [-0.05, 0) is 80.4 Å². The van der Waals surface area contributed by atoms with E-state index in [2.05, 4.69) is 5.32 Å². The van der Waals surface area contributed by atoms with Crippen LogP contribution in [0.5, 0.6) is 5.75 Å². The van der Waals surface area contributed by atoms with Gasteiger partial charge in [0.1, 0.15) is 18.3 Å². The van der Waals surface area contributed by atoms with Crippen LogP contribution in [0.1, 0.15) is 30.5 Å². The number of halogens is 1. The Bertz CT molecular complexity index is 1680. The molecule has 4 aromatic carbocycles. The van der Waals surface area contributed by atoms with Crippen molar-refractivity contribution < 1.29 is 22.7 Å². The first-order chi connectivity index (χ1) is 21.5. The predicted octanol–water partition coefficient (Wildman–Crippen LogP) is 6.02. The maximum absolute atomic E-state index is 14.5. The van der Waals surface area contributed by atoms with Crippen LogP contribution in [0.4, 0.5) is 5.69 Å². The van der Waals surface area contributed by atoms with E-state index in [1.165, 1.54) is 24.1 Å². The predicted molar refractivity (Wildman–Crippen MR) is 178 cm³/mol. The lowest BCUT2D eigenvalue weighted by molar-refractivity contribution is -0.140. The molecule has 0 radical (unpaired) electrons. The Hall–Kier alpha value is -4.34. The zero-order chi connectivity index (χ0) is 32.6. The van der Waals surface area contributed by atoms with Crippen LogP contribution >= 0.6 is 11.6 Å². The average molecular weight is 648 g/mol. The van der Waals surface area contributed by atoms with Crippen molar-refractivity contribution in [2.75, 3.05) is 18.0 Å². The second kappa shape index (κ2) is 15.1. The van der Waals surface area contributed by atoms with Crippen molar-refractivity contribution in [3.05, 3.63) is 125 Å². The number of methoxy groups -OCH3 is 1. The second-order valence-corrected chi connectivity index (χ2v) is 13.3. The average Bonchev–Trinajstić information content (AvgIpc) is 3.03. The van der Waals surface area contributed by atoms with Crippen molar-refractivity contribution in [1.82, 2.24) is 10.2 Å². The van der Waals surface area contributed by atoms with E-state index >= 15 is 0 Å². The maximum atomic E-state index is 14.5. The number of hydrogen-bond acceptors (Lipinski definition) is 5. The quantitative estimate of drug-likeness (QED) is 0.192. The smallest absolute Gasteiger partial charge is 0.264 e. The van der Waals surface area contributed by atoms with Gasteiger partial charge in [0.2, 0.25) is 11.8 Å². The number of carbonyl (C=O) groups is 2. The largest absolute Gasteiger partial charge is 0.497 e. The molecule has 8 nitrogen and oxygen atoms in total. The molecule has 0 saturated heterocycles. The topological polar surface area (TPSA) is 96.0 Å². The third-order valence-corrected chi connectivity index (χ3v) is 9.26. The van der Waals surface area contributed by atoms with Crippen molar-refractivity contribution in [3.63, 3.8) is 0 Å². The van der Waals surface area contributed by atoms with Crippen LogP contribution < -0.4 is 14.4 Å². The minimum absolute atomic E-state index is 0.0190. The SMILES string of the molecule is COc1ccc(S(=O)(=O)N(CC(=O)N(Cc2ccc(C)cc2)[C@H](Cc2ccccc2)C(=O)NC(C)C)c2ccc(Cl)cc2)cc1. The molecular formula is C35H38ClN3O5S. The Kier molecular flexibility index (Phi) is 11.3. The number of benzene rings is 4. The summed E-state index contributed by atoms with van der Waals surface area (Å²) in [4.78, 5) is 29.7. The zero-order valence-corrected chi connectivity index (χ0v) is 27.4. The Morgan fingerprint density at radius 1 is 0.844 bits per heavy atom. The number of amides is 2. The van der Waals surface area contributed by atoms with Gasteiger partial charge in [-0.3, -0.25) is 13.9 Å². The first-order valence-electron chi connectivity index (χ1n) is 14.6. The fraction of sp³-hybridized carbons (Fsp3) is 0.257. The number of nitrogens with one attached hydrogen (secondary N) is 1. The van der Waals surface area contributed by atoms with Gasteiger partial charge in [-0.1, -0.05) is 71.8 Å². The Balaban J connectivity index is 1.79. The minimum Gasteiger partial charge on any atom is -0.497 e. The number of aryl methyl sites for hydroxylation is 1. The summed E-state index contributed by atoms with van der Waals surface area (Å²) in [5.74, 6) is -0.375. The molecule has 1 N–H and O–H groups in total. The normalized spacial score (nSPS) is 12.0. The molecule has 2 amide bonds. The summed E-state index contributed by atoms with van der Waals surface area (Å²) in [7, 11) is -2.74. The number of rotatable bonds is 13. The molecule has 0 aliphatic heterocycles. The van der Waals surface area contributed by atoms with Crippen LogP contribution in [0.25, 0.3) is 0 Å². The van der Waals surface area contributed by atoms with Crippen LogP contribution in [0, 0.1) is 6.92 Å². The van der Waals surface area contributed by atoms with Gasteiger partial charge in [0.25, 0.3) is 10.0 Å². The van der Waals surface area contributed by atoms with Gasteiger partial charge in [-0.2, -0.15) is 0 Å². The van der Waals surface area contributed by atoms with Crippen molar-refractivity contribution in [2.45, 2.75) is 50.7 Å². The molecule has 0 aromatic heterocycles. The van der Waals surface area contributed by atoms with Gasteiger partial charge in [0.15, 0.2) is 0 Å². The molecule has 236 valence electrons. The molecule has 0 fully saturated rings. The van der Waals surface area contributed by atoms with E-state index in [0.717, 1.165) is 21.0 Å². The van der Waals surface area contributed by atoms with Gasteiger partial charge in [-0.25, -0.2) is 8.42 Å². The monoisotopic (exact) mass is 647 g/mol. The van der Waals surface area contributed by atoms with Gasteiger partial charge in [0, 0.05) is 24.0 Å². The van der Waals surface area contributed by atoms with Gasteiger partial charge in [0.05, 0.1) is 17.7 Å². The zero-order valence-electron chi connectivity index (χ0n) is 25.8. The van der Waals surface area contributed by atoms with Crippen LogP contribution in [0.2, 0.25) is 5.02 Å². The summed E-state index contributed by atoms with van der Waals surface area (Å²) < 4.78 is 34.5. The lowest BCUT2D eigenvalue weighted by atomic mass is 10.0. The van der Waals surface area contributed by atoms with Gasteiger partial charge in [-0.15, -0.1) is 0 Å². The Morgan fingerprint density at radius 2 is 1.47 bits per heavy atom. The summed E-state index contributed by atoms with van der Waals surface area (Å²) in [6.45, 7) is 5.22. The molecule has 0 saturated carbocycles. The van der Waals surface area contributed by atoms with Crippen LogP contribution in [-0.4, -0.2) is 50.9 Å². The molecule has 0 aliphatic rings. The molecular weight excluding hydrogens is 610 g/mol. The van der Waals surface area contributed by atoms with E-state index in [9.17, 15) is 18.0 Å². The van der Waals surface area contributed by atoms with Gasteiger partial charge < -0.3 is 15.0 Å². The molecule has 10 heteroatoms. The van der Waals surface area contributed by atoms with Crippen LogP contribution in [0.15, 0.2) is 108 Å². The Labute approximate surface area is 270 Å². The lowest BCUT2D eigenvalue weighted by Gasteiger charge is -2.34. The van der Waals surface area contributed by atoms with E-state index in [1.54, 1.807) is 36.4 Å². The number of ether oxygens (including phenoxy) is 1. The summed E-state index contributed by atoms with van der Waals surface area (Å²) in [5.41, 5.74) is 2.98. The van der Waals surface area contributed by atoms with Gasteiger partial charge >= 0.3 is 0 Å². The number of anilines is 1. The highest BCUT2D eigenvalue weighted by Crippen LogP contribution is 2.27. The standard InChI is InChI=1S/C35H38ClN3O5S/c1-25(2)37-35(41)33(22-27-8-6-5-7-9-27)38(23-28-12-10-26(3)11-13-28)34(40)24-39(30-16-14-29(36)15-17-30)45(42,43)32-20-18-31(44-4)19-21-32/h5-21,25,33H,22-24H2,1-4H3,(H,37,41)/t33-/m1/s1. The van der Waals surface area contributed by atoms with E-state index in [0.29, 0.717) is 10.8 Å². The maximum Gasteiger partial charge on any atom is 0.264 e. The first kappa shape index (κ1) is 33.6. The van der Waals surface area contributed by atoms with Crippen molar-refractivity contribution in [2.24, 2.45) is 0 Å². The number of nitrogens with zero attached hydrogens (tertiary/aromatic N) is 2. The molecule has 0 unspecified atom stereocenters.